The van der Waals surface area contributed by atoms with Crippen LogP contribution in [-0.2, 0) is 12.7 Å². The van der Waals surface area contributed by atoms with Gasteiger partial charge in [0, 0.05) is 36.8 Å². The molecule has 6 nitrogen and oxygen atoms in total. The van der Waals surface area contributed by atoms with Crippen LogP contribution in [0.3, 0.4) is 0 Å². The van der Waals surface area contributed by atoms with Crippen molar-refractivity contribution < 1.29 is 31.5 Å². The molecule has 0 spiro atoms. The monoisotopic (exact) mass is 460 g/mol. The third-order valence-electron chi connectivity index (χ3n) is 5.10. The summed E-state index contributed by atoms with van der Waals surface area (Å²) in [6, 6.07) is 2.66. The van der Waals surface area contributed by atoms with Crippen LogP contribution in [0, 0.1) is 12.8 Å². The SMILES string of the molecule is CC.Cc1c(C(F)(F)F)nn(CC2CCC(F)(F)CC2)c1C(=O)Nc1ccnc(C=O)c1. The Bertz CT molecular complexity index is 946. The van der Waals surface area contributed by atoms with Crippen LogP contribution in [0.5, 0.6) is 0 Å². The standard InChI is InChI=1S/C19H19F5N4O2.C2H6/c1-11-15(17(30)26-13-4-7-25-14(8-13)10-29)28(27-16(11)19(22,23)24)9-12-2-5-18(20,21)6-3-12;1-2/h4,7-8,10,12H,2-3,5-6,9H2,1H3,(H,25,26,30);1-2H3. The third-order valence-corrected chi connectivity index (χ3v) is 5.10. The smallest absolute Gasteiger partial charge is 0.321 e. The van der Waals surface area contributed by atoms with Gasteiger partial charge in [-0.25, -0.2) is 8.78 Å². The fraction of sp³-hybridized carbons (Fsp3) is 0.524. The third kappa shape index (κ3) is 6.10. The first-order valence-electron chi connectivity index (χ1n) is 10.2. The van der Waals surface area contributed by atoms with E-state index in [0.717, 1.165) is 11.6 Å². The van der Waals surface area contributed by atoms with Gasteiger partial charge in [-0.2, -0.15) is 18.3 Å². The number of hydrogen-bond acceptors (Lipinski definition) is 4. The molecule has 3 rings (SSSR count). The topological polar surface area (TPSA) is 76.9 Å². The van der Waals surface area contributed by atoms with E-state index < -0.39 is 23.7 Å². The summed E-state index contributed by atoms with van der Waals surface area (Å²) in [5.74, 6) is -3.94. The van der Waals surface area contributed by atoms with Gasteiger partial charge < -0.3 is 5.32 Å². The van der Waals surface area contributed by atoms with Gasteiger partial charge in [-0.15, -0.1) is 0 Å². The Labute approximate surface area is 182 Å². The number of alkyl halides is 5. The highest BCUT2D eigenvalue weighted by molar-refractivity contribution is 6.04. The quantitative estimate of drug-likeness (QED) is 0.471. The summed E-state index contributed by atoms with van der Waals surface area (Å²) >= 11 is 0. The van der Waals surface area contributed by atoms with Gasteiger partial charge in [-0.05, 0) is 37.8 Å². The van der Waals surface area contributed by atoms with Crippen LogP contribution in [0.15, 0.2) is 18.3 Å². The van der Waals surface area contributed by atoms with E-state index in [1.165, 1.54) is 18.3 Å². The predicted octanol–water partition coefficient (Wildman–Crippen LogP) is 5.52. The second-order valence-corrected chi connectivity index (χ2v) is 7.34. The Morgan fingerprint density at radius 3 is 2.47 bits per heavy atom. The van der Waals surface area contributed by atoms with Crippen LogP contribution in [-0.4, -0.2) is 32.9 Å². The molecule has 1 fully saturated rings. The first-order valence-corrected chi connectivity index (χ1v) is 10.2. The van der Waals surface area contributed by atoms with Crippen LogP contribution in [0.2, 0.25) is 0 Å². The second-order valence-electron chi connectivity index (χ2n) is 7.34. The van der Waals surface area contributed by atoms with Gasteiger partial charge in [-0.3, -0.25) is 19.3 Å². The maximum atomic E-state index is 13.4. The summed E-state index contributed by atoms with van der Waals surface area (Å²) in [6.07, 6.45) is -3.49. The number of aldehydes is 1. The van der Waals surface area contributed by atoms with E-state index >= 15 is 0 Å². The molecule has 1 N–H and O–H groups in total. The molecule has 1 saturated carbocycles. The lowest BCUT2D eigenvalue weighted by Crippen LogP contribution is -2.28. The maximum Gasteiger partial charge on any atom is 0.435 e. The van der Waals surface area contributed by atoms with Crippen molar-refractivity contribution in [1.29, 1.82) is 0 Å². The number of hydrogen-bond donors (Lipinski definition) is 1. The highest BCUT2D eigenvalue weighted by Gasteiger charge is 2.40. The van der Waals surface area contributed by atoms with Crippen molar-refractivity contribution in [2.45, 2.75) is 65.1 Å². The molecule has 0 bridgehead atoms. The maximum absolute atomic E-state index is 13.4. The lowest BCUT2D eigenvalue weighted by atomic mass is 9.87. The molecule has 0 aromatic carbocycles. The van der Waals surface area contributed by atoms with Gasteiger partial charge in [0.05, 0.1) is 0 Å². The number of aromatic nitrogens is 3. The number of anilines is 1. The van der Waals surface area contributed by atoms with Crippen molar-refractivity contribution in [3.63, 3.8) is 0 Å². The zero-order valence-corrected chi connectivity index (χ0v) is 18.0. The second kappa shape index (κ2) is 10.2. The lowest BCUT2D eigenvalue weighted by molar-refractivity contribution is -0.142. The number of pyridine rings is 1. The number of amides is 1. The Morgan fingerprint density at radius 1 is 1.28 bits per heavy atom. The van der Waals surface area contributed by atoms with Gasteiger partial charge in [0.25, 0.3) is 5.91 Å². The average Bonchev–Trinajstić information content (AvgIpc) is 3.07. The normalized spacial score (nSPS) is 16.1. The molecule has 32 heavy (non-hydrogen) atoms. The van der Waals surface area contributed by atoms with Crippen molar-refractivity contribution in [3.8, 4) is 0 Å². The molecule has 1 aliphatic carbocycles. The zero-order valence-electron chi connectivity index (χ0n) is 18.0. The van der Waals surface area contributed by atoms with E-state index in [4.69, 9.17) is 0 Å². The molecule has 1 aliphatic rings. The van der Waals surface area contributed by atoms with E-state index in [2.05, 4.69) is 15.4 Å². The summed E-state index contributed by atoms with van der Waals surface area (Å²) in [7, 11) is 0. The summed E-state index contributed by atoms with van der Waals surface area (Å²) in [5.41, 5.74) is -1.64. The summed E-state index contributed by atoms with van der Waals surface area (Å²) < 4.78 is 67.8. The molecule has 1 amide bonds. The minimum Gasteiger partial charge on any atom is -0.321 e. The number of nitrogens with zero attached hydrogens (tertiary/aromatic N) is 3. The minimum absolute atomic E-state index is 0.0390. The summed E-state index contributed by atoms with van der Waals surface area (Å²) in [4.78, 5) is 27.4. The molecular formula is C21H25F5N4O2. The number of carbonyl (C=O) groups excluding carboxylic acids is 2. The van der Waals surface area contributed by atoms with E-state index in [1.54, 1.807) is 0 Å². The van der Waals surface area contributed by atoms with Crippen molar-refractivity contribution in [2.75, 3.05) is 5.32 Å². The summed E-state index contributed by atoms with van der Waals surface area (Å²) in [5, 5.41) is 6.03. The largest absolute Gasteiger partial charge is 0.435 e. The van der Waals surface area contributed by atoms with Crippen LogP contribution in [0.1, 0.15) is 71.8 Å². The predicted molar refractivity (Wildman–Crippen MR) is 108 cm³/mol. The van der Waals surface area contributed by atoms with Gasteiger partial charge in [0.2, 0.25) is 5.92 Å². The van der Waals surface area contributed by atoms with Gasteiger partial charge >= 0.3 is 6.18 Å². The number of nitrogens with one attached hydrogen (secondary N) is 1. The van der Waals surface area contributed by atoms with E-state index in [1.807, 2.05) is 13.8 Å². The van der Waals surface area contributed by atoms with Crippen molar-refractivity contribution in [2.24, 2.45) is 5.92 Å². The Kier molecular flexibility index (Phi) is 8.08. The highest BCUT2D eigenvalue weighted by atomic mass is 19.4. The number of halogens is 5. The van der Waals surface area contributed by atoms with Crippen LogP contribution in [0.25, 0.3) is 0 Å². The molecule has 0 atom stereocenters. The summed E-state index contributed by atoms with van der Waals surface area (Å²) in [6.45, 7) is 5.06. The zero-order chi connectivity index (χ0) is 24.1. The molecule has 0 unspecified atom stereocenters. The van der Waals surface area contributed by atoms with E-state index in [0.29, 0.717) is 6.29 Å². The minimum atomic E-state index is -4.77. The Morgan fingerprint density at radius 2 is 1.91 bits per heavy atom. The van der Waals surface area contributed by atoms with E-state index in [-0.39, 0.29) is 60.8 Å². The van der Waals surface area contributed by atoms with Crippen LogP contribution < -0.4 is 5.32 Å². The highest BCUT2D eigenvalue weighted by Crippen LogP contribution is 2.38. The Hall–Kier alpha value is -2.85. The number of rotatable bonds is 5. The fourth-order valence-electron chi connectivity index (χ4n) is 3.55. The fourth-order valence-corrected chi connectivity index (χ4v) is 3.55. The van der Waals surface area contributed by atoms with Crippen LogP contribution >= 0.6 is 0 Å². The van der Waals surface area contributed by atoms with Gasteiger partial charge in [0.1, 0.15) is 11.4 Å². The number of carbonyl (C=O) groups is 2. The molecule has 2 aromatic rings. The average molecular weight is 460 g/mol. The lowest BCUT2D eigenvalue weighted by Gasteiger charge is -2.28. The first-order chi connectivity index (χ1) is 15.0. The molecule has 0 radical (unpaired) electrons. The Balaban J connectivity index is 0.00000176. The van der Waals surface area contributed by atoms with Crippen molar-refractivity contribution in [3.05, 3.63) is 41.0 Å². The van der Waals surface area contributed by atoms with Crippen LogP contribution in [0.4, 0.5) is 27.6 Å². The molecule has 11 heteroatoms. The molecule has 2 heterocycles. The molecule has 0 saturated heterocycles. The molecule has 176 valence electrons. The van der Waals surface area contributed by atoms with Gasteiger partial charge in [0.15, 0.2) is 12.0 Å². The molecule has 2 aromatic heterocycles. The molecular weight excluding hydrogens is 435 g/mol. The van der Waals surface area contributed by atoms with Crippen molar-refractivity contribution in [1.82, 2.24) is 14.8 Å². The van der Waals surface area contributed by atoms with Gasteiger partial charge in [-0.1, -0.05) is 13.8 Å². The molecule has 0 aliphatic heterocycles. The first kappa shape index (κ1) is 25.4. The van der Waals surface area contributed by atoms with E-state index in [9.17, 15) is 31.5 Å². The van der Waals surface area contributed by atoms with Crippen molar-refractivity contribution >= 4 is 17.9 Å².